The molecule has 1 heterocycles. The Bertz CT molecular complexity index is 847. The van der Waals surface area contributed by atoms with Crippen molar-refractivity contribution in [3.63, 3.8) is 0 Å². The molecule has 1 aromatic rings. The Balaban J connectivity index is 2.16. The first-order chi connectivity index (χ1) is 15.7. The summed E-state index contributed by atoms with van der Waals surface area (Å²) in [6.07, 6.45) is 5.49. The van der Waals surface area contributed by atoms with Gasteiger partial charge in [0.25, 0.3) is 0 Å². The van der Waals surface area contributed by atoms with E-state index in [9.17, 15) is 10.2 Å². The van der Waals surface area contributed by atoms with Crippen molar-refractivity contribution < 1.29 is 23.2 Å². The molecule has 3 rings (SSSR count). The molecule has 3 heteroatoms. The van der Waals surface area contributed by atoms with Gasteiger partial charge < -0.3 is 14.9 Å². The van der Waals surface area contributed by atoms with Gasteiger partial charge >= 0.3 is 0 Å². The maximum absolute atomic E-state index is 11.2. The van der Waals surface area contributed by atoms with E-state index in [-0.39, 0.29) is 42.1 Å². The molecule has 3 atom stereocenters. The van der Waals surface area contributed by atoms with Crippen molar-refractivity contribution in [2.24, 2.45) is 11.8 Å². The third-order valence-corrected chi connectivity index (χ3v) is 6.87. The van der Waals surface area contributed by atoms with Gasteiger partial charge in [-0.3, -0.25) is 0 Å². The van der Waals surface area contributed by atoms with E-state index in [1.807, 2.05) is 20.8 Å². The molecule has 0 saturated heterocycles. The topological polar surface area (TPSA) is 49.7 Å². The Hall–Kier alpha value is -1.22. The van der Waals surface area contributed by atoms with E-state index in [2.05, 4.69) is 0 Å². The Morgan fingerprint density at radius 1 is 1.21 bits per heavy atom. The van der Waals surface area contributed by atoms with E-state index >= 15 is 0 Å². The number of ether oxygens (including phenoxy) is 1. The van der Waals surface area contributed by atoms with Crippen LogP contribution in [0.2, 0.25) is 0 Å². The lowest BCUT2D eigenvalue weighted by Gasteiger charge is -2.49. The number of unbranched alkanes of at least 4 members (excludes halogenated alkanes) is 3. The van der Waals surface area contributed by atoms with E-state index in [0.29, 0.717) is 24.2 Å². The fraction of sp³-hybridized carbons (Fsp3) is 0.760. The van der Waals surface area contributed by atoms with Crippen molar-refractivity contribution >= 4 is 0 Å². The third kappa shape index (κ3) is 4.20. The molecule has 0 bridgehead atoms. The summed E-state index contributed by atoms with van der Waals surface area (Å²) in [5.41, 5.74) is -1.97. The molecule has 1 saturated carbocycles. The second-order valence-corrected chi connectivity index (χ2v) is 9.40. The van der Waals surface area contributed by atoms with Gasteiger partial charge in [-0.15, -0.1) is 0 Å². The molecule has 1 fully saturated rings. The minimum absolute atomic E-state index is 0.0275. The molecule has 0 radical (unpaired) electrons. The summed E-state index contributed by atoms with van der Waals surface area (Å²) in [5.74, 6) is 0.487. The molecule has 28 heavy (non-hydrogen) atoms. The summed E-state index contributed by atoms with van der Waals surface area (Å²) in [6, 6.07) is 2.92. The summed E-state index contributed by atoms with van der Waals surface area (Å²) in [5, 5.41) is 21.0. The molecule has 0 aromatic heterocycles. The van der Waals surface area contributed by atoms with Crippen molar-refractivity contribution in [3.05, 3.63) is 23.3 Å². The number of phenolic OH excluding ortho intramolecular Hbond substituents is 1. The number of rotatable bonds is 7. The SMILES string of the molecule is [2H]C([2H])([2H])C(CCCCCC)(c1cc(O)c2c(c1)OC(C)(C)[C@@H]1CC[C@@H](CO)C[C@@H]21)C([2H])([2H])[2H]. The van der Waals surface area contributed by atoms with E-state index in [0.717, 1.165) is 32.1 Å². The second-order valence-electron chi connectivity index (χ2n) is 9.40. The van der Waals surface area contributed by atoms with Gasteiger partial charge in [0, 0.05) is 26.3 Å². The lowest BCUT2D eigenvalue weighted by molar-refractivity contribution is -0.0211. The number of aliphatic hydroxyl groups excluding tert-OH is 1. The fourth-order valence-corrected chi connectivity index (χ4v) is 5.21. The van der Waals surface area contributed by atoms with Crippen LogP contribution in [0.4, 0.5) is 0 Å². The molecule has 0 unspecified atom stereocenters. The predicted octanol–water partition coefficient (Wildman–Crippen LogP) is 6.30. The Morgan fingerprint density at radius 2 is 2.00 bits per heavy atom. The van der Waals surface area contributed by atoms with Gasteiger partial charge in [-0.25, -0.2) is 0 Å². The molecule has 1 aromatic carbocycles. The van der Waals surface area contributed by atoms with Crippen molar-refractivity contribution in [1.29, 1.82) is 0 Å². The molecular formula is C25H40O3. The molecular weight excluding hydrogens is 348 g/mol. The highest BCUT2D eigenvalue weighted by Crippen LogP contribution is 2.56. The van der Waals surface area contributed by atoms with Gasteiger partial charge in [0.2, 0.25) is 0 Å². The maximum Gasteiger partial charge on any atom is 0.127 e. The van der Waals surface area contributed by atoms with E-state index < -0.39 is 24.7 Å². The van der Waals surface area contributed by atoms with Crippen LogP contribution in [0.25, 0.3) is 0 Å². The van der Waals surface area contributed by atoms with Crippen LogP contribution >= 0.6 is 0 Å². The molecule has 0 spiro atoms. The van der Waals surface area contributed by atoms with Crippen molar-refractivity contribution in [3.8, 4) is 11.5 Å². The predicted molar refractivity (Wildman–Crippen MR) is 115 cm³/mol. The van der Waals surface area contributed by atoms with Gasteiger partial charge in [-0.05, 0) is 74.5 Å². The van der Waals surface area contributed by atoms with E-state index in [4.69, 9.17) is 13.0 Å². The first kappa shape index (κ1) is 14.7. The van der Waals surface area contributed by atoms with Gasteiger partial charge in [-0.1, -0.05) is 46.3 Å². The number of hydrogen-bond donors (Lipinski definition) is 2. The molecule has 1 aliphatic carbocycles. The minimum Gasteiger partial charge on any atom is -0.508 e. The summed E-state index contributed by atoms with van der Waals surface area (Å²) in [7, 11) is 0. The van der Waals surface area contributed by atoms with Gasteiger partial charge in [0.1, 0.15) is 17.1 Å². The van der Waals surface area contributed by atoms with Crippen molar-refractivity contribution in [1.82, 2.24) is 0 Å². The first-order valence-electron chi connectivity index (χ1n) is 13.9. The Labute approximate surface area is 179 Å². The smallest absolute Gasteiger partial charge is 0.127 e. The number of fused-ring (bicyclic) bond motifs is 3. The average molecular weight is 395 g/mol. The van der Waals surface area contributed by atoms with Crippen LogP contribution < -0.4 is 4.74 Å². The van der Waals surface area contributed by atoms with Crippen molar-refractivity contribution in [2.45, 2.75) is 103 Å². The molecule has 2 N–H and O–H groups in total. The van der Waals surface area contributed by atoms with E-state index in [1.54, 1.807) is 6.07 Å². The lowest BCUT2D eigenvalue weighted by atomic mass is 9.63. The van der Waals surface area contributed by atoms with Crippen molar-refractivity contribution in [2.75, 3.05) is 6.61 Å². The molecule has 2 aliphatic rings. The standard InChI is InChI=1S/C25H40O3/c1-6-7-8-9-12-24(2,3)18-14-21(27)23-19-13-17(16-26)10-11-20(19)25(4,5)28-22(23)15-18/h14-15,17,19-20,26-27H,6-13,16H2,1-5H3/t17-,19-,20-/m1/s1/i2D3,3D3. The van der Waals surface area contributed by atoms with Gasteiger partial charge in [0.15, 0.2) is 0 Å². The highest BCUT2D eigenvalue weighted by Gasteiger charge is 2.47. The van der Waals surface area contributed by atoms with Crippen LogP contribution in [0.15, 0.2) is 12.1 Å². The zero-order valence-electron chi connectivity index (χ0n) is 23.6. The van der Waals surface area contributed by atoms with Crippen LogP contribution in [0.3, 0.4) is 0 Å². The Morgan fingerprint density at radius 3 is 2.68 bits per heavy atom. The number of aliphatic hydroxyl groups is 1. The number of benzene rings is 1. The number of aromatic hydroxyl groups is 1. The Kier molecular flexibility index (Phi) is 4.34. The van der Waals surface area contributed by atoms with Gasteiger partial charge in [0.05, 0.1) is 0 Å². The quantitative estimate of drug-likeness (QED) is 0.533. The van der Waals surface area contributed by atoms with Crippen LogP contribution in [-0.2, 0) is 5.41 Å². The van der Waals surface area contributed by atoms with Crippen LogP contribution in [0, 0.1) is 11.8 Å². The third-order valence-electron chi connectivity index (χ3n) is 6.87. The monoisotopic (exact) mass is 394 g/mol. The fourth-order valence-electron chi connectivity index (χ4n) is 5.21. The molecule has 3 nitrogen and oxygen atoms in total. The van der Waals surface area contributed by atoms with Crippen LogP contribution in [0.1, 0.15) is 111 Å². The van der Waals surface area contributed by atoms with Crippen LogP contribution in [-0.4, -0.2) is 22.4 Å². The summed E-state index contributed by atoms with van der Waals surface area (Å²) >= 11 is 0. The largest absolute Gasteiger partial charge is 0.508 e. The lowest BCUT2D eigenvalue weighted by Crippen LogP contribution is -2.47. The molecule has 158 valence electrons. The van der Waals surface area contributed by atoms with Crippen LogP contribution in [0.5, 0.6) is 11.5 Å². The normalized spacial score (nSPS) is 30.4. The first-order valence-corrected chi connectivity index (χ1v) is 10.9. The zero-order valence-corrected chi connectivity index (χ0v) is 17.6. The maximum atomic E-state index is 11.2. The molecule has 1 aliphatic heterocycles. The average Bonchev–Trinajstić information content (AvgIpc) is 2.70. The summed E-state index contributed by atoms with van der Waals surface area (Å²) < 4.78 is 56.3. The summed E-state index contributed by atoms with van der Waals surface area (Å²) in [4.78, 5) is 0. The highest BCUT2D eigenvalue weighted by molar-refractivity contribution is 5.53. The zero-order chi connectivity index (χ0) is 25.5. The van der Waals surface area contributed by atoms with E-state index in [1.165, 1.54) is 6.07 Å². The number of phenols is 1. The molecule has 0 amide bonds. The summed E-state index contributed by atoms with van der Waals surface area (Å²) in [6.45, 7) is 0.499. The highest BCUT2D eigenvalue weighted by atomic mass is 16.5. The minimum atomic E-state index is -2.80. The number of hydrogen-bond acceptors (Lipinski definition) is 3. The second kappa shape index (κ2) is 8.26. The van der Waals surface area contributed by atoms with Gasteiger partial charge in [-0.2, -0.15) is 0 Å².